The lowest BCUT2D eigenvalue weighted by Gasteiger charge is -2.15. The minimum Gasteiger partial charge on any atom is -0.353 e. The van der Waals surface area contributed by atoms with Crippen LogP contribution in [0.15, 0.2) is 17.5 Å². The van der Waals surface area contributed by atoms with Crippen LogP contribution in [0.5, 0.6) is 0 Å². The minimum atomic E-state index is 0.121. The fraction of sp³-hybridized carbons (Fsp3) is 0.583. The van der Waals surface area contributed by atoms with Gasteiger partial charge in [-0.2, -0.15) is 0 Å². The smallest absolute Gasteiger partial charge is 0.223 e. The van der Waals surface area contributed by atoms with E-state index in [0.29, 0.717) is 0 Å². The normalized spacial score (nSPS) is 14.6. The van der Waals surface area contributed by atoms with E-state index in [4.69, 9.17) is 0 Å². The molecule has 0 saturated carbocycles. The minimum absolute atomic E-state index is 0.121. The topological polar surface area (TPSA) is 29.1 Å². The zero-order valence-corrected chi connectivity index (χ0v) is 10.4. The number of hydrogen-bond donors (Lipinski definition) is 1. The Kier molecular flexibility index (Phi) is 4.82. The highest BCUT2D eigenvalue weighted by atomic mass is 32.1. The largest absolute Gasteiger partial charge is 0.353 e. The molecule has 0 radical (unpaired) electrons. The Labute approximate surface area is 95.7 Å². The van der Waals surface area contributed by atoms with Crippen LogP contribution in [-0.2, 0) is 11.2 Å². The number of carbonyl (C=O) groups is 1. The monoisotopic (exact) mass is 225 g/mol. The average Bonchev–Trinajstić information content (AvgIpc) is 2.68. The van der Waals surface area contributed by atoms with E-state index in [0.717, 1.165) is 12.8 Å². The molecule has 1 aromatic heterocycles. The van der Waals surface area contributed by atoms with Crippen LogP contribution in [0.1, 0.15) is 32.1 Å². The van der Waals surface area contributed by atoms with Crippen molar-refractivity contribution >= 4 is 17.2 Å². The molecule has 0 aliphatic carbocycles. The van der Waals surface area contributed by atoms with Crippen LogP contribution in [0.2, 0.25) is 0 Å². The quantitative estimate of drug-likeness (QED) is 0.820. The standard InChI is InChI=1S/C12H19NOS/c1-4-9(2)12(14)13-10(3)8-11-6-5-7-15-11/h5-7,9-10H,4,8H2,1-3H3,(H,13,14). The molecular formula is C12H19NOS. The Balaban J connectivity index is 2.36. The molecule has 1 N–H and O–H groups in total. The van der Waals surface area contributed by atoms with Crippen LogP contribution in [0.4, 0.5) is 0 Å². The van der Waals surface area contributed by atoms with Gasteiger partial charge in [0.25, 0.3) is 0 Å². The summed E-state index contributed by atoms with van der Waals surface area (Å²) in [5.74, 6) is 0.289. The Morgan fingerprint density at radius 3 is 2.80 bits per heavy atom. The molecular weight excluding hydrogens is 206 g/mol. The van der Waals surface area contributed by atoms with E-state index in [1.807, 2.05) is 19.9 Å². The third-order valence-electron chi connectivity index (χ3n) is 2.54. The van der Waals surface area contributed by atoms with Crippen molar-refractivity contribution in [2.75, 3.05) is 0 Å². The van der Waals surface area contributed by atoms with Crippen LogP contribution in [-0.4, -0.2) is 11.9 Å². The SMILES string of the molecule is CCC(C)C(=O)NC(C)Cc1cccs1. The van der Waals surface area contributed by atoms with Gasteiger partial charge in [0.15, 0.2) is 0 Å². The van der Waals surface area contributed by atoms with Gasteiger partial charge in [0.2, 0.25) is 5.91 Å². The molecule has 1 rings (SSSR count). The lowest BCUT2D eigenvalue weighted by molar-refractivity contribution is -0.125. The molecule has 1 amide bonds. The third-order valence-corrected chi connectivity index (χ3v) is 3.43. The lowest BCUT2D eigenvalue weighted by Crippen LogP contribution is -2.37. The maximum Gasteiger partial charge on any atom is 0.223 e. The zero-order valence-electron chi connectivity index (χ0n) is 9.62. The molecule has 0 fully saturated rings. The molecule has 2 nitrogen and oxygen atoms in total. The maximum absolute atomic E-state index is 11.6. The van der Waals surface area contributed by atoms with E-state index < -0.39 is 0 Å². The van der Waals surface area contributed by atoms with Crippen molar-refractivity contribution in [1.29, 1.82) is 0 Å². The summed E-state index contributed by atoms with van der Waals surface area (Å²) < 4.78 is 0. The molecule has 3 heteroatoms. The first-order valence-corrected chi connectivity index (χ1v) is 6.34. The molecule has 1 aromatic rings. The van der Waals surface area contributed by atoms with Crippen molar-refractivity contribution in [3.05, 3.63) is 22.4 Å². The van der Waals surface area contributed by atoms with E-state index in [1.165, 1.54) is 4.88 Å². The molecule has 0 aliphatic heterocycles. The highest BCUT2D eigenvalue weighted by Gasteiger charge is 2.13. The average molecular weight is 225 g/mol. The number of rotatable bonds is 5. The molecule has 0 spiro atoms. The summed E-state index contributed by atoms with van der Waals surface area (Å²) in [6.45, 7) is 6.06. The predicted molar refractivity (Wildman–Crippen MR) is 65.1 cm³/mol. The molecule has 0 aliphatic rings. The highest BCUT2D eigenvalue weighted by Crippen LogP contribution is 2.11. The van der Waals surface area contributed by atoms with Crippen LogP contribution >= 0.6 is 11.3 Å². The van der Waals surface area contributed by atoms with Gasteiger partial charge < -0.3 is 5.32 Å². The Bertz CT molecular complexity index is 295. The van der Waals surface area contributed by atoms with Gasteiger partial charge >= 0.3 is 0 Å². The van der Waals surface area contributed by atoms with Crippen LogP contribution in [0, 0.1) is 5.92 Å². The van der Waals surface area contributed by atoms with Crippen molar-refractivity contribution in [3.8, 4) is 0 Å². The van der Waals surface area contributed by atoms with Crippen LogP contribution in [0.3, 0.4) is 0 Å². The van der Waals surface area contributed by atoms with Crippen molar-refractivity contribution in [1.82, 2.24) is 5.32 Å². The van der Waals surface area contributed by atoms with Crippen molar-refractivity contribution in [3.63, 3.8) is 0 Å². The number of carbonyl (C=O) groups excluding carboxylic acids is 1. The van der Waals surface area contributed by atoms with Crippen molar-refractivity contribution in [2.45, 2.75) is 39.7 Å². The van der Waals surface area contributed by atoms with Gasteiger partial charge in [-0.25, -0.2) is 0 Å². The van der Waals surface area contributed by atoms with E-state index in [2.05, 4.69) is 23.7 Å². The Morgan fingerprint density at radius 2 is 2.27 bits per heavy atom. The molecule has 0 bridgehead atoms. The molecule has 2 atom stereocenters. The predicted octanol–water partition coefficient (Wildman–Crippen LogP) is 2.84. The number of hydrogen-bond acceptors (Lipinski definition) is 2. The zero-order chi connectivity index (χ0) is 11.3. The van der Waals surface area contributed by atoms with Gasteiger partial charge in [-0.3, -0.25) is 4.79 Å². The molecule has 84 valence electrons. The fourth-order valence-corrected chi connectivity index (χ4v) is 2.19. The van der Waals surface area contributed by atoms with E-state index in [-0.39, 0.29) is 17.9 Å². The number of amides is 1. The fourth-order valence-electron chi connectivity index (χ4n) is 1.35. The van der Waals surface area contributed by atoms with Crippen LogP contribution in [0.25, 0.3) is 0 Å². The Morgan fingerprint density at radius 1 is 1.53 bits per heavy atom. The lowest BCUT2D eigenvalue weighted by atomic mass is 10.1. The van der Waals surface area contributed by atoms with Gasteiger partial charge in [-0.1, -0.05) is 19.9 Å². The second-order valence-electron chi connectivity index (χ2n) is 4.00. The summed E-state index contributed by atoms with van der Waals surface area (Å²) in [6.07, 6.45) is 1.83. The van der Waals surface area contributed by atoms with E-state index in [9.17, 15) is 4.79 Å². The highest BCUT2D eigenvalue weighted by molar-refractivity contribution is 7.09. The number of thiophene rings is 1. The summed E-state index contributed by atoms with van der Waals surface area (Å²) in [4.78, 5) is 12.9. The van der Waals surface area contributed by atoms with Gasteiger partial charge in [0.1, 0.15) is 0 Å². The van der Waals surface area contributed by atoms with Gasteiger partial charge in [0, 0.05) is 23.3 Å². The van der Waals surface area contributed by atoms with Crippen molar-refractivity contribution < 1.29 is 4.79 Å². The summed E-state index contributed by atoms with van der Waals surface area (Å²) in [5, 5.41) is 5.10. The number of nitrogens with one attached hydrogen (secondary N) is 1. The van der Waals surface area contributed by atoms with Gasteiger partial charge in [-0.15, -0.1) is 11.3 Å². The van der Waals surface area contributed by atoms with Crippen LogP contribution < -0.4 is 5.32 Å². The first-order chi connectivity index (χ1) is 7.13. The Hall–Kier alpha value is -0.830. The summed E-state index contributed by atoms with van der Waals surface area (Å²) >= 11 is 1.74. The first kappa shape index (κ1) is 12.2. The third kappa shape index (κ3) is 4.04. The molecule has 0 aromatic carbocycles. The van der Waals surface area contributed by atoms with E-state index >= 15 is 0 Å². The maximum atomic E-state index is 11.6. The van der Waals surface area contributed by atoms with E-state index in [1.54, 1.807) is 11.3 Å². The van der Waals surface area contributed by atoms with Crippen molar-refractivity contribution in [2.24, 2.45) is 5.92 Å². The molecule has 15 heavy (non-hydrogen) atoms. The summed E-state index contributed by atoms with van der Waals surface area (Å²) in [5.41, 5.74) is 0. The van der Waals surface area contributed by atoms with Gasteiger partial charge in [-0.05, 0) is 24.8 Å². The molecule has 0 saturated heterocycles. The second kappa shape index (κ2) is 5.91. The first-order valence-electron chi connectivity index (χ1n) is 5.46. The molecule has 1 heterocycles. The second-order valence-corrected chi connectivity index (χ2v) is 5.03. The summed E-state index contributed by atoms with van der Waals surface area (Å²) in [7, 11) is 0. The summed E-state index contributed by atoms with van der Waals surface area (Å²) in [6, 6.07) is 4.38. The van der Waals surface area contributed by atoms with Gasteiger partial charge in [0.05, 0.1) is 0 Å². The molecule has 2 unspecified atom stereocenters.